The van der Waals surface area contributed by atoms with Gasteiger partial charge in [-0.15, -0.1) is 0 Å². The molecule has 1 aliphatic rings. The van der Waals surface area contributed by atoms with E-state index in [1.807, 2.05) is 0 Å². The minimum absolute atomic E-state index is 0.212. The molecule has 2 N–H and O–H groups in total. The first-order valence-electron chi connectivity index (χ1n) is 7.48. The summed E-state index contributed by atoms with van der Waals surface area (Å²) in [4.78, 5) is 36.9. The molecule has 8 nitrogen and oxygen atoms in total. The fourth-order valence-corrected chi connectivity index (χ4v) is 3.14. The molecule has 1 aliphatic heterocycles. The Morgan fingerprint density at radius 1 is 1.42 bits per heavy atom. The van der Waals surface area contributed by atoms with Crippen molar-refractivity contribution >= 4 is 38.5 Å². The lowest BCUT2D eigenvalue weighted by Crippen LogP contribution is -2.76. The number of nitrogens with zero attached hydrogens (tertiary/aromatic N) is 1. The van der Waals surface area contributed by atoms with Crippen LogP contribution in [0.1, 0.15) is 6.92 Å². The van der Waals surface area contributed by atoms with E-state index >= 15 is 0 Å². The van der Waals surface area contributed by atoms with Crippen LogP contribution in [0.2, 0.25) is 0 Å². The average molecular weight is 401 g/mol. The number of aliphatic carboxylic acids is 1. The molecular formula is C16H17ClN2O6S. The van der Waals surface area contributed by atoms with Crippen molar-refractivity contribution in [1.82, 2.24) is 10.2 Å². The number of nitrogens with one attached hydrogen (secondary N) is 1. The lowest BCUT2D eigenvalue weighted by molar-refractivity contribution is -0.177. The molecule has 1 aromatic carbocycles. The number of carbonyl (C=O) groups excluding carboxylic acids is 2. The Kier molecular flexibility index (Phi) is 6.38. The van der Waals surface area contributed by atoms with E-state index in [9.17, 15) is 23.7 Å². The zero-order chi connectivity index (χ0) is 19.4. The average Bonchev–Trinajstić information content (AvgIpc) is 2.55. The van der Waals surface area contributed by atoms with E-state index in [0.29, 0.717) is 5.75 Å². The highest BCUT2D eigenvalue weighted by molar-refractivity contribution is 8.08. The van der Waals surface area contributed by atoms with Crippen LogP contribution in [-0.2, 0) is 24.4 Å². The van der Waals surface area contributed by atoms with Gasteiger partial charge < -0.3 is 15.2 Å². The van der Waals surface area contributed by atoms with Gasteiger partial charge in [-0.1, -0.05) is 24.8 Å². The summed E-state index contributed by atoms with van der Waals surface area (Å²) >= 11 is 0. The predicted molar refractivity (Wildman–Crippen MR) is 94.7 cm³/mol. The number of benzene rings is 1. The lowest BCUT2D eigenvalue weighted by Gasteiger charge is -2.48. The van der Waals surface area contributed by atoms with Crippen molar-refractivity contribution in [1.29, 1.82) is 0 Å². The van der Waals surface area contributed by atoms with Crippen LogP contribution in [0.3, 0.4) is 0 Å². The Hall–Kier alpha value is -2.39. The molecule has 0 aromatic heterocycles. The van der Waals surface area contributed by atoms with E-state index in [0.717, 1.165) is 4.90 Å². The first-order chi connectivity index (χ1) is 12.2. The van der Waals surface area contributed by atoms with E-state index < -0.39 is 51.9 Å². The summed E-state index contributed by atoms with van der Waals surface area (Å²) in [6, 6.07) is 7.08. The van der Waals surface area contributed by atoms with Crippen molar-refractivity contribution in [2.24, 2.45) is 0 Å². The molecule has 0 spiro atoms. The smallest absolute Gasteiger partial charge is 0.330 e. The molecule has 10 heteroatoms. The second kappa shape index (κ2) is 8.33. The molecular weight excluding hydrogens is 384 g/mol. The van der Waals surface area contributed by atoms with E-state index in [1.54, 1.807) is 30.3 Å². The topological polar surface area (TPSA) is 113 Å². The number of hydrogen-bond acceptors (Lipinski definition) is 5. The summed E-state index contributed by atoms with van der Waals surface area (Å²) in [7, 11) is 3.40. The second-order valence-electron chi connectivity index (χ2n) is 5.63. The largest absolute Gasteiger partial charge is 0.479 e. The molecule has 2 rings (SSSR count). The molecule has 1 aromatic rings. The van der Waals surface area contributed by atoms with Crippen molar-refractivity contribution in [3.63, 3.8) is 0 Å². The first kappa shape index (κ1) is 19.9. The minimum atomic E-state index is -1.91. The highest BCUT2D eigenvalue weighted by Crippen LogP contribution is 2.28. The van der Waals surface area contributed by atoms with Gasteiger partial charge in [-0.2, -0.15) is 0 Å². The number of halogens is 1. The number of likely N-dealkylation sites (tertiary alicyclic amines) is 1. The number of carboxylic acids is 1. The maximum Gasteiger partial charge on any atom is 0.330 e. The summed E-state index contributed by atoms with van der Waals surface area (Å²) in [5, 5.41) is 11.8. The summed E-state index contributed by atoms with van der Waals surface area (Å²) in [6.07, 6.45) is -2.18. The van der Waals surface area contributed by atoms with Crippen LogP contribution in [-0.4, -0.2) is 56.1 Å². The number of hydrogen-bond donors (Lipinski definition) is 2. The van der Waals surface area contributed by atoms with Crippen molar-refractivity contribution in [2.75, 3.05) is 5.75 Å². The first-order valence-corrected chi connectivity index (χ1v) is 9.63. The van der Waals surface area contributed by atoms with Gasteiger partial charge in [0.1, 0.15) is 21.5 Å². The van der Waals surface area contributed by atoms with Gasteiger partial charge in [0.05, 0.1) is 0 Å². The van der Waals surface area contributed by atoms with Gasteiger partial charge in [0.2, 0.25) is 12.0 Å². The van der Waals surface area contributed by atoms with Crippen LogP contribution in [0.5, 0.6) is 5.75 Å². The number of ether oxygens (including phenoxy) is 1. The molecule has 2 amide bonds. The lowest BCUT2D eigenvalue weighted by atomic mass is 9.97. The fourth-order valence-electron chi connectivity index (χ4n) is 2.55. The molecule has 4 atom stereocenters. The Labute approximate surface area is 156 Å². The molecule has 0 radical (unpaired) electrons. The van der Waals surface area contributed by atoms with Gasteiger partial charge in [-0.05, 0) is 35.3 Å². The number of β-lactam (4-membered cyclic amide) rings is 1. The van der Waals surface area contributed by atoms with E-state index in [4.69, 9.17) is 15.4 Å². The number of rotatable bonds is 8. The van der Waals surface area contributed by atoms with Gasteiger partial charge in [0, 0.05) is 0 Å². The van der Waals surface area contributed by atoms with Gasteiger partial charge in [-0.3, -0.25) is 14.5 Å². The third-order valence-electron chi connectivity index (χ3n) is 3.62. The molecule has 26 heavy (non-hydrogen) atoms. The molecule has 0 aliphatic carbocycles. The maximum atomic E-state index is 12.5. The quantitative estimate of drug-likeness (QED) is 0.376. The molecule has 0 saturated carbocycles. The molecule has 1 saturated heterocycles. The van der Waals surface area contributed by atoms with Crippen molar-refractivity contribution < 1.29 is 28.4 Å². The van der Waals surface area contributed by atoms with Crippen LogP contribution in [0, 0.1) is 0 Å². The summed E-state index contributed by atoms with van der Waals surface area (Å²) in [6.45, 7) is 5.05. The highest BCUT2D eigenvalue weighted by Gasteiger charge is 2.55. The van der Waals surface area contributed by atoms with Crippen molar-refractivity contribution in [3.8, 4) is 5.75 Å². The molecule has 4 unspecified atom stereocenters. The zero-order valence-electron chi connectivity index (χ0n) is 13.8. The van der Waals surface area contributed by atoms with Gasteiger partial charge in [0.15, 0.2) is 12.2 Å². The van der Waals surface area contributed by atoms with E-state index in [-0.39, 0.29) is 5.57 Å². The Balaban J connectivity index is 2.25. The Bertz CT molecular complexity index is 742. The van der Waals surface area contributed by atoms with Crippen LogP contribution in [0.15, 0.2) is 42.5 Å². The normalized spacial score (nSPS) is 21.3. The van der Waals surface area contributed by atoms with Crippen molar-refractivity contribution in [2.45, 2.75) is 25.2 Å². The molecule has 1 fully saturated rings. The number of carboxylic acid groups (broad SMARTS) is 1. The van der Waals surface area contributed by atoms with E-state index in [1.165, 1.54) is 6.92 Å². The van der Waals surface area contributed by atoms with Crippen LogP contribution in [0.4, 0.5) is 0 Å². The van der Waals surface area contributed by atoms with Crippen LogP contribution >= 0.6 is 10.7 Å². The zero-order valence-corrected chi connectivity index (χ0v) is 15.3. The Morgan fingerprint density at radius 3 is 2.54 bits per heavy atom. The van der Waals surface area contributed by atoms with Gasteiger partial charge >= 0.3 is 5.97 Å². The summed E-state index contributed by atoms with van der Waals surface area (Å²) in [5.74, 6) is -2.71. The number of para-hydroxylation sites is 1. The highest BCUT2D eigenvalue weighted by atomic mass is 35.7. The Morgan fingerprint density at radius 2 is 2.04 bits per heavy atom. The third kappa shape index (κ3) is 4.41. The second-order valence-corrected chi connectivity index (χ2v) is 7.53. The predicted octanol–water partition coefficient (Wildman–Crippen LogP) is 0.650. The number of amides is 2. The van der Waals surface area contributed by atoms with Gasteiger partial charge in [0.25, 0.3) is 5.91 Å². The third-order valence-corrected chi connectivity index (χ3v) is 4.44. The van der Waals surface area contributed by atoms with Crippen molar-refractivity contribution in [3.05, 3.63) is 42.5 Å². The summed E-state index contributed by atoms with van der Waals surface area (Å²) < 4.78 is 16.6. The molecule has 140 valence electrons. The van der Waals surface area contributed by atoms with Gasteiger partial charge in [-0.25, -0.2) is 9.00 Å². The minimum Gasteiger partial charge on any atom is -0.479 e. The standard InChI is InChI=1S/C16H17ClN2O6S/c1-9(2)12(16(22)23)19-14(18-11(20)8-26(17)24)13(15(19)21)25-10-6-4-3-5-7-10/h3-7,12-14H,1,8H2,2H3,(H,18,20)(H,22,23). The van der Waals surface area contributed by atoms with Crippen LogP contribution < -0.4 is 10.1 Å². The summed E-state index contributed by atoms with van der Waals surface area (Å²) in [5.41, 5.74) is 0.212. The van der Waals surface area contributed by atoms with E-state index in [2.05, 4.69) is 11.9 Å². The molecule has 0 bridgehead atoms. The maximum absolute atomic E-state index is 12.5. The number of carbonyl (C=O) groups is 3. The van der Waals surface area contributed by atoms with Crippen LogP contribution in [0.25, 0.3) is 0 Å². The fraction of sp³-hybridized carbons (Fsp3) is 0.312. The molecule has 1 heterocycles. The SMILES string of the molecule is C=C(C)C(C(=O)O)N1C(=O)C(Oc2ccccc2)C1NC(=O)CS(=O)Cl. The monoisotopic (exact) mass is 400 g/mol.